The molecular formula is C19H24N2OS2. The molecular weight excluding hydrogens is 336 g/mol. The minimum Gasteiger partial charge on any atom is -0.249 e. The standard InChI is InChI=1S/C19H24N2OS2/c1-5-6-7-8-18(21-24(22)14(2)3)16-9-11-17(12-10-16)19-15(4)20-13-23-19/h5,9-14H,1,6-8H2,2-4H3/b21-18-/t24-/m1/s1. The fourth-order valence-corrected chi connectivity index (χ4v) is 3.70. The van der Waals surface area contributed by atoms with Gasteiger partial charge in [-0.1, -0.05) is 30.3 Å². The highest BCUT2D eigenvalue weighted by Gasteiger charge is 2.10. The number of benzene rings is 1. The topological polar surface area (TPSA) is 42.3 Å². The molecule has 0 spiro atoms. The minimum absolute atomic E-state index is 0.0264. The molecule has 0 N–H and O–H groups in total. The normalized spacial score (nSPS) is 13.2. The summed E-state index contributed by atoms with van der Waals surface area (Å²) in [6.45, 7) is 9.64. The van der Waals surface area contributed by atoms with Crippen LogP contribution < -0.4 is 0 Å². The van der Waals surface area contributed by atoms with E-state index in [4.69, 9.17) is 0 Å². The first kappa shape index (κ1) is 18.7. The Kier molecular flexibility index (Phi) is 7.06. The van der Waals surface area contributed by atoms with E-state index in [0.717, 1.165) is 41.8 Å². The van der Waals surface area contributed by atoms with Crippen LogP contribution in [-0.2, 0) is 11.0 Å². The first-order chi connectivity index (χ1) is 11.5. The molecule has 0 bridgehead atoms. The van der Waals surface area contributed by atoms with Crippen molar-refractivity contribution in [3.63, 3.8) is 0 Å². The van der Waals surface area contributed by atoms with E-state index < -0.39 is 11.0 Å². The largest absolute Gasteiger partial charge is 0.249 e. The lowest BCUT2D eigenvalue weighted by Gasteiger charge is -2.09. The van der Waals surface area contributed by atoms with Crippen molar-refractivity contribution >= 4 is 28.0 Å². The summed E-state index contributed by atoms with van der Waals surface area (Å²) in [6, 6.07) is 8.33. The van der Waals surface area contributed by atoms with Crippen LogP contribution >= 0.6 is 11.3 Å². The zero-order valence-electron chi connectivity index (χ0n) is 14.5. The Morgan fingerprint density at radius 3 is 2.62 bits per heavy atom. The number of thiazole rings is 1. The second-order valence-corrected chi connectivity index (χ2v) is 8.42. The van der Waals surface area contributed by atoms with Gasteiger partial charge in [0.2, 0.25) is 0 Å². The maximum absolute atomic E-state index is 12.2. The molecule has 2 aromatic rings. The Hall–Kier alpha value is -1.59. The van der Waals surface area contributed by atoms with Gasteiger partial charge in [-0.15, -0.1) is 17.9 Å². The molecule has 0 amide bonds. The van der Waals surface area contributed by atoms with Crippen LogP contribution in [0.5, 0.6) is 0 Å². The molecule has 1 atom stereocenters. The third-order valence-corrected chi connectivity index (χ3v) is 5.84. The number of aryl methyl sites for hydroxylation is 1. The molecule has 0 aliphatic heterocycles. The fraction of sp³-hybridized carbons (Fsp3) is 0.368. The van der Waals surface area contributed by atoms with Gasteiger partial charge >= 0.3 is 0 Å². The molecule has 0 saturated carbocycles. The molecule has 0 radical (unpaired) electrons. The number of aromatic nitrogens is 1. The number of hydrogen-bond donors (Lipinski definition) is 0. The van der Waals surface area contributed by atoms with E-state index in [-0.39, 0.29) is 5.25 Å². The molecule has 1 aromatic carbocycles. The zero-order chi connectivity index (χ0) is 17.5. The van der Waals surface area contributed by atoms with Crippen molar-refractivity contribution < 1.29 is 4.21 Å². The van der Waals surface area contributed by atoms with Crippen LogP contribution in [0.2, 0.25) is 0 Å². The molecule has 128 valence electrons. The number of rotatable bonds is 8. The van der Waals surface area contributed by atoms with Crippen molar-refractivity contribution in [1.82, 2.24) is 4.98 Å². The van der Waals surface area contributed by atoms with Gasteiger partial charge in [0, 0.05) is 0 Å². The molecule has 0 aliphatic rings. The second-order valence-electron chi connectivity index (χ2n) is 5.89. The summed E-state index contributed by atoms with van der Waals surface area (Å²) >= 11 is 1.65. The minimum atomic E-state index is -1.19. The first-order valence-electron chi connectivity index (χ1n) is 8.13. The Morgan fingerprint density at radius 1 is 1.38 bits per heavy atom. The van der Waals surface area contributed by atoms with E-state index in [2.05, 4.69) is 40.2 Å². The highest BCUT2D eigenvalue weighted by molar-refractivity contribution is 7.84. The van der Waals surface area contributed by atoms with Gasteiger partial charge in [0.05, 0.1) is 27.0 Å². The summed E-state index contributed by atoms with van der Waals surface area (Å²) < 4.78 is 16.6. The fourth-order valence-electron chi connectivity index (χ4n) is 2.26. The van der Waals surface area contributed by atoms with Crippen LogP contribution in [0.4, 0.5) is 0 Å². The van der Waals surface area contributed by atoms with Gasteiger partial charge in [0.25, 0.3) is 0 Å². The SMILES string of the molecule is C=CCCC/C(=N/[S@](=O)C(C)C)c1ccc(-c2scnc2C)cc1. The van der Waals surface area contributed by atoms with Gasteiger partial charge < -0.3 is 0 Å². The van der Waals surface area contributed by atoms with Crippen molar-refractivity contribution in [1.29, 1.82) is 0 Å². The van der Waals surface area contributed by atoms with E-state index in [1.165, 1.54) is 4.88 Å². The summed E-state index contributed by atoms with van der Waals surface area (Å²) in [5.41, 5.74) is 6.03. The molecule has 0 aliphatic carbocycles. The van der Waals surface area contributed by atoms with Crippen molar-refractivity contribution in [2.45, 2.75) is 45.3 Å². The first-order valence-corrected chi connectivity index (χ1v) is 10.2. The molecule has 0 unspecified atom stereocenters. The van der Waals surface area contributed by atoms with Crippen LogP contribution in [0, 0.1) is 6.92 Å². The van der Waals surface area contributed by atoms with Crippen LogP contribution in [0.15, 0.2) is 46.8 Å². The highest BCUT2D eigenvalue weighted by atomic mass is 32.2. The van der Waals surface area contributed by atoms with Crippen molar-refractivity contribution in [2.75, 3.05) is 0 Å². The Balaban J connectivity index is 2.27. The van der Waals surface area contributed by atoms with Gasteiger partial charge in [-0.3, -0.25) is 0 Å². The molecule has 2 rings (SSSR count). The maximum Gasteiger partial charge on any atom is 0.142 e. The third kappa shape index (κ3) is 4.95. The van der Waals surface area contributed by atoms with Crippen molar-refractivity contribution in [3.8, 4) is 10.4 Å². The predicted octanol–water partition coefficient (Wildman–Crippen LogP) is 5.34. The number of allylic oxidation sites excluding steroid dienone is 1. The zero-order valence-corrected chi connectivity index (χ0v) is 16.1. The van der Waals surface area contributed by atoms with Gasteiger partial charge in [-0.05, 0) is 51.2 Å². The average Bonchev–Trinajstić information content (AvgIpc) is 3.00. The quantitative estimate of drug-likeness (QED) is 0.362. The van der Waals surface area contributed by atoms with Crippen LogP contribution in [0.25, 0.3) is 10.4 Å². The summed E-state index contributed by atoms with van der Waals surface area (Å²) in [6.07, 6.45) is 4.62. The molecule has 1 heterocycles. The summed E-state index contributed by atoms with van der Waals surface area (Å²) in [5, 5.41) is 0.0264. The van der Waals surface area contributed by atoms with E-state index in [9.17, 15) is 4.21 Å². The Bertz CT molecular complexity index is 730. The predicted molar refractivity (Wildman–Crippen MR) is 106 cm³/mol. The maximum atomic E-state index is 12.2. The van der Waals surface area contributed by atoms with E-state index in [1.54, 1.807) is 11.3 Å². The summed E-state index contributed by atoms with van der Waals surface area (Å²) in [7, 11) is -1.19. The molecule has 24 heavy (non-hydrogen) atoms. The highest BCUT2D eigenvalue weighted by Crippen LogP contribution is 2.27. The lowest BCUT2D eigenvalue weighted by atomic mass is 10.0. The van der Waals surface area contributed by atoms with Crippen LogP contribution in [0.1, 0.15) is 44.4 Å². The number of hydrogen-bond acceptors (Lipinski definition) is 3. The lowest BCUT2D eigenvalue weighted by Crippen LogP contribution is -2.08. The van der Waals surface area contributed by atoms with Crippen LogP contribution in [0.3, 0.4) is 0 Å². The van der Waals surface area contributed by atoms with E-state index in [1.807, 2.05) is 32.4 Å². The molecule has 1 aromatic heterocycles. The lowest BCUT2D eigenvalue weighted by molar-refractivity contribution is 0.678. The monoisotopic (exact) mass is 360 g/mol. The molecule has 0 fully saturated rings. The summed E-state index contributed by atoms with van der Waals surface area (Å²) in [4.78, 5) is 5.50. The van der Waals surface area contributed by atoms with Crippen LogP contribution in [-0.4, -0.2) is 20.2 Å². The Labute approximate surface area is 151 Å². The number of unbranched alkanes of at least 4 members (excludes halogenated alkanes) is 1. The van der Waals surface area contributed by atoms with E-state index in [0.29, 0.717) is 0 Å². The van der Waals surface area contributed by atoms with Gasteiger partial charge in [0.15, 0.2) is 0 Å². The van der Waals surface area contributed by atoms with Crippen molar-refractivity contribution in [3.05, 3.63) is 53.7 Å². The van der Waals surface area contributed by atoms with Gasteiger partial charge in [0.1, 0.15) is 11.0 Å². The molecule has 5 heteroatoms. The van der Waals surface area contributed by atoms with Crippen molar-refractivity contribution in [2.24, 2.45) is 4.40 Å². The second kappa shape index (κ2) is 9.04. The molecule has 3 nitrogen and oxygen atoms in total. The third-order valence-electron chi connectivity index (χ3n) is 3.65. The number of nitrogens with zero attached hydrogens (tertiary/aromatic N) is 2. The average molecular weight is 361 g/mol. The van der Waals surface area contributed by atoms with Gasteiger partial charge in [-0.2, -0.15) is 4.40 Å². The van der Waals surface area contributed by atoms with E-state index >= 15 is 0 Å². The summed E-state index contributed by atoms with van der Waals surface area (Å²) in [5.74, 6) is 0. The van der Waals surface area contributed by atoms with Gasteiger partial charge in [-0.25, -0.2) is 9.19 Å². The molecule has 0 saturated heterocycles. The Morgan fingerprint density at radius 2 is 2.08 bits per heavy atom. The smallest absolute Gasteiger partial charge is 0.142 e.